The number of carbonyl (C=O) groups is 4. The van der Waals surface area contributed by atoms with E-state index in [9.17, 15) is 19.2 Å². The number of H-pyrrole nitrogens is 2. The van der Waals surface area contributed by atoms with E-state index in [0.29, 0.717) is 36.9 Å². The largest absolute Gasteiger partial charge is 0.453 e. The standard InChI is InChI=1S/C39H46N8O6/c1-6-29(44-38(50)52-4)36(48)46-17-7-10-32(46)35-41-22-30(43-35)27-15-14-25-19-24(11-13-26(25)20-27)12-16-28-21-40-34(42-28)31-9-8-18-47(31)37(49)33(23(2)3)45-39(51)53-5/h11,13-15,19-23,29,31-33H,6-10,17-18H2,1-5H3,(H,40,42)(H,41,43)(H,44,50)(H,45,51)/t29-,31-,32-,33-/m0/s1. The molecule has 6 rings (SSSR count). The Balaban J connectivity index is 1.13. The van der Waals surface area contributed by atoms with E-state index in [0.717, 1.165) is 53.3 Å². The highest BCUT2D eigenvalue weighted by molar-refractivity contribution is 5.89. The van der Waals surface area contributed by atoms with Gasteiger partial charge in [-0.2, -0.15) is 0 Å². The topological polar surface area (TPSA) is 175 Å². The summed E-state index contributed by atoms with van der Waals surface area (Å²) in [5.74, 6) is 7.38. The number of likely N-dealkylation sites (tertiary alicyclic amines) is 2. The van der Waals surface area contributed by atoms with Gasteiger partial charge in [-0.1, -0.05) is 44.9 Å². The second kappa shape index (κ2) is 16.2. The highest BCUT2D eigenvalue weighted by Gasteiger charge is 2.38. The molecular weight excluding hydrogens is 676 g/mol. The number of alkyl carbamates (subject to hydrolysis) is 2. The van der Waals surface area contributed by atoms with Crippen LogP contribution in [0.4, 0.5) is 9.59 Å². The van der Waals surface area contributed by atoms with Gasteiger partial charge in [0.1, 0.15) is 29.4 Å². The van der Waals surface area contributed by atoms with E-state index >= 15 is 0 Å². The molecule has 14 heteroatoms. The quantitative estimate of drug-likeness (QED) is 0.171. The Labute approximate surface area is 308 Å². The molecule has 14 nitrogen and oxygen atoms in total. The first-order valence-electron chi connectivity index (χ1n) is 18.1. The molecule has 2 fully saturated rings. The summed E-state index contributed by atoms with van der Waals surface area (Å²) in [7, 11) is 2.56. The summed E-state index contributed by atoms with van der Waals surface area (Å²) in [6.07, 6.45) is 5.89. The zero-order chi connectivity index (χ0) is 37.6. The zero-order valence-electron chi connectivity index (χ0n) is 30.7. The van der Waals surface area contributed by atoms with Gasteiger partial charge in [-0.25, -0.2) is 19.6 Å². The van der Waals surface area contributed by atoms with Crippen LogP contribution < -0.4 is 10.6 Å². The lowest BCUT2D eigenvalue weighted by Crippen LogP contribution is -2.51. The molecule has 2 aromatic carbocycles. The van der Waals surface area contributed by atoms with Gasteiger partial charge in [-0.3, -0.25) is 9.59 Å². The van der Waals surface area contributed by atoms with Crippen LogP contribution >= 0.6 is 0 Å². The van der Waals surface area contributed by atoms with Crippen molar-refractivity contribution in [2.24, 2.45) is 5.92 Å². The van der Waals surface area contributed by atoms with E-state index in [4.69, 9.17) is 9.47 Å². The van der Waals surface area contributed by atoms with Crippen molar-refractivity contribution in [3.05, 3.63) is 71.7 Å². The molecule has 53 heavy (non-hydrogen) atoms. The van der Waals surface area contributed by atoms with Crippen LogP contribution in [0, 0.1) is 17.8 Å². The lowest BCUT2D eigenvalue weighted by Gasteiger charge is -2.29. The van der Waals surface area contributed by atoms with Gasteiger partial charge in [0, 0.05) is 24.2 Å². The first-order chi connectivity index (χ1) is 25.6. The average molecular weight is 723 g/mol. The fourth-order valence-corrected chi connectivity index (χ4v) is 7.10. The molecule has 2 aromatic heterocycles. The lowest BCUT2D eigenvalue weighted by molar-refractivity contribution is -0.135. The molecule has 2 aliphatic rings. The Morgan fingerprint density at radius 1 is 0.830 bits per heavy atom. The number of aromatic amines is 2. The zero-order valence-corrected chi connectivity index (χ0v) is 30.7. The van der Waals surface area contributed by atoms with Crippen molar-refractivity contribution >= 4 is 34.8 Å². The van der Waals surface area contributed by atoms with Crippen LogP contribution in [0.2, 0.25) is 0 Å². The van der Waals surface area contributed by atoms with Gasteiger partial charge in [0.25, 0.3) is 0 Å². The van der Waals surface area contributed by atoms with Crippen LogP contribution in [0.5, 0.6) is 0 Å². The average Bonchev–Trinajstić information content (AvgIpc) is 4.00. The number of hydrogen-bond acceptors (Lipinski definition) is 8. The second-order valence-electron chi connectivity index (χ2n) is 13.7. The first-order valence-corrected chi connectivity index (χ1v) is 18.1. The summed E-state index contributed by atoms with van der Waals surface area (Å²) in [5, 5.41) is 7.38. The molecule has 4 amide bonds. The number of ether oxygens (including phenoxy) is 2. The maximum Gasteiger partial charge on any atom is 0.407 e. The van der Waals surface area contributed by atoms with E-state index in [1.807, 2.05) is 51.1 Å². The maximum absolute atomic E-state index is 13.5. The van der Waals surface area contributed by atoms with E-state index < -0.39 is 24.3 Å². The van der Waals surface area contributed by atoms with Crippen molar-refractivity contribution in [3.63, 3.8) is 0 Å². The van der Waals surface area contributed by atoms with E-state index in [-0.39, 0.29) is 29.8 Å². The van der Waals surface area contributed by atoms with Gasteiger partial charge < -0.3 is 39.9 Å². The maximum atomic E-state index is 13.5. The fraction of sp³-hybridized carbons (Fsp3) is 0.436. The Hall–Kier alpha value is -5.84. The molecule has 4 N–H and O–H groups in total. The van der Waals surface area contributed by atoms with Crippen LogP contribution in [0.3, 0.4) is 0 Å². The number of aromatic nitrogens is 4. The molecule has 0 bridgehead atoms. The number of nitrogens with one attached hydrogen (secondary N) is 4. The van der Waals surface area contributed by atoms with Gasteiger partial charge in [-0.05, 0) is 72.9 Å². The third kappa shape index (κ3) is 8.14. The van der Waals surface area contributed by atoms with E-state index in [1.54, 1.807) is 22.2 Å². The number of fused-ring (bicyclic) bond motifs is 1. The smallest absolute Gasteiger partial charge is 0.407 e. The molecule has 4 heterocycles. The van der Waals surface area contributed by atoms with E-state index in [1.165, 1.54) is 14.2 Å². The molecule has 2 aliphatic heterocycles. The third-order valence-electron chi connectivity index (χ3n) is 9.96. The number of amides is 4. The monoisotopic (exact) mass is 722 g/mol. The predicted octanol–water partition coefficient (Wildman–Crippen LogP) is 5.20. The van der Waals surface area contributed by atoms with Crippen molar-refractivity contribution < 1.29 is 28.7 Å². The minimum Gasteiger partial charge on any atom is -0.453 e. The molecular formula is C39H46N8O6. The molecule has 0 radical (unpaired) electrons. The summed E-state index contributed by atoms with van der Waals surface area (Å²) in [4.78, 5) is 70.0. The van der Waals surface area contributed by atoms with Gasteiger partial charge in [0.2, 0.25) is 11.8 Å². The van der Waals surface area contributed by atoms with Gasteiger partial charge in [-0.15, -0.1) is 0 Å². The molecule has 0 unspecified atom stereocenters. The lowest BCUT2D eigenvalue weighted by atomic mass is 10.0. The van der Waals surface area contributed by atoms with Crippen molar-refractivity contribution in [2.45, 2.75) is 77.0 Å². The molecule has 0 aliphatic carbocycles. The third-order valence-corrected chi connectivity index (χ3v) is 9.96. The van der Waals surface area contributed by atoms with Crippen LogP contribution in [-0.2, 0) is 19.1 Å². The summed E-state index contributed by atoms with van der Waals surface area (Å²) in [6.45, 7) is 6.80. The summed E-state index contributed by atoms with van der Waals surface area (Å²) in [5.41, 5.74) is 3.30. The minimum absolute atomic E-state index is 0.113. The SMILES string of the molecule is CC[C@H](NC(=O)OC)C(=O)N1CCC[C@H]1c1ncc(-c2ccc3cc(C#Cc4cnc([C@@H]5CCCN5C(=O)[C@@H](NC(=O)OC)C(C)C)[nH]4)ccc3c2)[nH]1. The first kappa shape index (κ1) is 36.9. The van der Waals surface area contributed by atoms with Gasteiger partial charge in [0.15, 0.2) is 0 Å². The minimum atomic E-state index is -0.698. The number of imidazole rings is 2. The number of benzene rings is 2. The fourth-order valence-electron chi connectivity index (χ4n) is 7.10. The van der Waals surface area contributed by atoms with Crippen LogP contribution in [0.25, 0.3) is 22.0 Å². The number of carbonyl (C=O) groups excluding carboxylic acids is 4. The van der Waals surface area contributed by atoms with Gasteiger partial charge in [0.05, 0.1) is 44.4 Å². The second-order valence-corrected chi connectivity index (χ2v) is 13.7. The van der Waals surface area contributed by atoms with Crippen molar-refractivity contribution in [2.75, 3.05) is 27.3 Å². The molecule has 278 valence electrons. The van der Waals surface area contributed by atoms with Crippen LogP contribution in [-0.4, -0.2) is 93.1 Å². The summed E-state index contributed by atoms with van der Waals surface area (Å²) >= 11 is 0. The van der Waals surface area contributed by atoms with Gasteiger partial charge >= 0.3 is 12.2 Å². The Morgan fingerprint density at radius 3 is 2.13 bits per heavy atom. The number of rotatable bonds is 9. The molecule has 4 aromatic rings. The van der Waals surface area contributed by atoms with E-state index in [2.05, 4.69) is 48.5 Å². The molecule has 4 atom stereocenters. The Morgan fingerprint density at radius 2 is 1.45 bits per heavy atom. The van der Waals surface area contributed by atoms with Crippen LogP contribution in [0.1, 0.15) is 87.9 Å². The molecule has 0 spiro atoms. The number of hydrogen-bond donors (Lipinski definition) is 4. The van der Waals surface area contributed by atoms with Crippen molar-refractivity contribution in [1.29, 1.82) is 0 Å². The summed E-state index contributed by atoms with van der Waals surface area (Å²) in [6, 6.07) is 10.4. The molecule has 2 saturated heterocycles. The summed E-state index contributed by atoms with van der Waals surface area (Å²) < 4.78 is 9.44. The molecule has 0 saturated carbocycles. The number of methoxy groups -OCH3 is 2. The Bertz CT molecular complexity index is 2040. The van der Waals surface area contributed by atoms with Crippen molar-refractivity contribution in [1.82, 2.24) is 40.4 Å². The van der Waals surface area contributed by atoms with Crippen molar-refractivity contribution in [3.8, 4) is 23.1 Å². The highest BCUT2D eigenvalue weighted by atomic mass is 16.5. The highest BCUT2D eigenvalue weighted by Crippen LogP contribution is 2.34. The number of nitrogens with zero attached hydrogens (tertiary/aromatic N) is 4. The normalized spacial score (nSPS) is 18.0. The Kier molecular flexibility index (Phi) is 11.3. The van der Waals surface area contributed by atoms with Crippen LogP contribution in [0.15, 0.2) is 48.8 Å². The predicted molar refractivity (Wildman–Crippen MR) is 197 cm³/mol.